The van der Waals surface area contributed by atoms with Gasteiger partial charge < -0.3 is 24.8 Å². The first-order chi connectivity index (χ1) is 15.0. The van der Waals surface area contributed by atoms with E-state index in [1.165, 1.54) is 5.56 Å². The summed E-state index contributed by atoms with van der Waals surface area (Å²) in [6.07, 6.45) is 2.88. The maximum atomic E-state index is 9.50. The molecule has 0 aliphatic carbocycles. The summed E-state index contributed by atoms with van der Waals surface area (Å²) in [5, 5.41) is 13.0. The summed E-state index contributed by atoms with van der Waals surface area (Å²) in [5.74, 6) is 2.54. The molecule has 1 aliphatic rings. The molecule has 0 spiro atoms. The van der Waals surface area contributed by atoms with Gasteiger partial charge in [-0.3, -0.25) is 9.89 Å². The lowest BCUT2D eigenvalue weighted by atomic mass is 9.79. The number of ether oxygens (including phenoxy) is 2. The molecule has 8 heteroatoms. The monoisotopic (exact) mass is 562 g/mol. The number of rotatable bonds is 11. The third-order valence-corrected chi connectivity index (χ3v) is 6.57. The number of aliphatic hydroxyl groups is 1. The first kappa shape index (κ1) is 28.8. The second-order valence-corrected chi connectivity index (χ2v) is 8.30. The predicted octanol–water partition coefficient (Wildman–Crippen LogP) is 3.59. The van der Waals surface area contributed by atoms with Crippen molar-refractivity contribution < 1.29 is 14.6 Å². The summed E-state index contributed by atoms with van der Waals surface area (Å²) in [6, 6.07) is 6.14. The fourth-order valence-electron chi connectivity index (χ4n) is 4.17. The van der Waals surface area contributed by atoms with Crippen molar-refractivity contribution in [1.82, 2.24) is 15.1 Å². The molecule has 1 fully saturated rings. The van der Waals surface area contributed by atoms with E-state index in [0.717, 1.165) is 82.5 Å². The molecule has 2 rings (SSSR count). The Labute approximate surface area is 211 Å². The molecule has 0 unspecified atom stereocenters. The lowest BCUT2D eigenvalue weighted by molar-refractivity contribution is 0.166. The Bertz CT molecular complexity index is 690. The molecular formula is C24H43IN4O3. The van der Waals surface area contributed by atoms with Crippen molar-refractivity contribution in [3.8, 4) is 11.5 Å². The standard InChI is InChI=1S/C24H42N4O3.HI/c1-6-24(7-2,11-16-29)19-26-23(25-8-3)28-14-12-27(13-15-28)18-20-9-10-21(30-4)22(17-20)31-5;/h9-10,17,29H,6-8,11-16,18-19H2,1-5H3,(H,25,26);1H. The van der Waals surface area contributed by atoms with Crippen LogP contribution in [0.15, 0.2) is 23.2 Å². The molecule has 0 atom stereocenters. The summed E-state index contributed by atoms with van der Waals surface area (Å²) in [5.41, 5.74) is 1.32. The van der Waals surface area contributed by atoms with Crippen LogP contribution in [0.25, 0.3) is 0 Å². The average molecular weight is 563 g/mol. The van der Waals surface area contributed by atoms with Crippen LogP contribution in [0, 0.1) is 5.41 Å². The van der Waals surface area contributed by atoms with Gasteiger partial charge in [0.05, 0.1) is 14.2 Å². The number of methoxy groups -OCH3 is 2. The fraction of sp³-hybridized carbons (Fsp3) is 0.708. The number of nitrogens with zero attached hydrogens (tertiary/aromatic N) is 3. The first-order valence-corrected chi connectivity index (χ1v) is 11.6. The van der Waals surface area contributed by atoms with Crippen molar-refractivity contribution in [2.24, 2.45) is 10.4 Å². The number of halogens is 1. The molecule has 1 aromatic rings. The number of guanidine groups is 1. The van der Waals surface area contributed by atoms with E-state index in [2.05, 4.69) is 48.0 Å². The van der Waals surface area contributed by atoms with Crippen molar-refractivity contribution >= 4 is 29.9 Å². The quantitative estimate of drug-likeness (QED) is 0.244. The molecule has 1 saturated heterocycles. The summed E-state index contributed by atoms with van der Waals surface area (Å²) in [6.45, 7) is 13.1. The zero-order valence-electron chi connectivity index (χ0n) is 20.5. The fourth-order valence-corrected chi connectivity index (χ4v) is 4.17. The zero-order valence-corrected chi connectivity index (χ0v) is 22.9. The van der Waals surface area contributed by atoms with Crippen LogP contribution in [0.3, 0.4) is 0 Å². The lowest BCUT2D eigenvalue weighted by Crippen LogP contribution is -2.52. The van der Waals surface area contributed by atoms with Crippen molar-refractivity contribution in [2.75, 3.05) is 60.1 Å². The van der Waals surface area contributed by atoms with E-state index in [1.807, 2.05) is 6.07 Å². The zero-order chi connectivity index (χ0) is 22.7. The van der Waals surface area contributed by atoms with Crippen LogP contribution in [-0.2, 0) is 6.54 Å². The molecule has 1 aliphatic heterocycles. The maximum absolute atomic E-state index is 9.50. The van der Waals surface area contributed by atoms with E-state index < -0.39 is 0 Å². The van der Waals surface area contributed by atoms with Gasteiger partial charge in [-0.1, -0.05) is 19.9 Å². The van der Waals surface area contributed by atoms with Gasteiger partial charge in [-0.2, -0.15) is 0 Å². The van der Waals surface area contributed by atoms with Crippen LogP contribution in [0.5, 0.6) is 11.5 Å². The molecule has 0 amide bonds. The number of piperazine rings is 1. The van der Waals surface area contributed by atoms with E-state index in [9.17, 15) is 5.11 Å². The van der Waals surface area contributed by atoms with Crippen LogP contribution >= 0.6 is 24.0 Å². The predicted molar refractivity (Wildman–Crippen MR) is 143 cm³/mol. The number of benzene rings is 1. The third-order valence-electron chi connectivity index (χ3n) is 6.57. The SMILES string of the molecule is CCNC(=NCC(CC)(CC)CCO)N1CCN(Cc2ccc(OC)c(OC)c2)CC1.I. The smallest absolute Gasteiger partial charge is 0.194 e. The van der Waals surface area contributed by atoms with E-state index in [1.54, 1.807) is 14.2 Å². The minimum absolute atomic E-state index is 0. The molecule has 0 saturated carbocycles. The van der Waals surface area contributed by atoms with Crippen molar-refractivity contribution in [1.29, 1.82) is 0 Å². The highest BCUT2D eigenvalue weighted by Crippen LogP contribution is 2.31. The molecule has 2 N–H and O–H groups in total. The molecule has 0 bridgehead atoms. The molecule has 0 aromatic heterocycles. The van der Waals surface area contributed by atoms with Gasteiger partial charge in [-0.25, -0.2) is 0 Å². The van der Waals surface area contributed by atoms with E-state index in [4.69, 9.17) is 14.5 Å². The van der Waals surface area contributed by atoms with Gasteiger partial charge in [0.1, 0.15) is 0 Å². The second-order valence-electron chi connectivity index (χ2n) is 8.30. The Morgan fingerprint density at radius 1 is 1.06 bits per heavy atom. The van der Waals surface area contributed by atoms with Gasteiger partial charge in [0, 0.05) is 52.4 Å². The highest BCUT2D eigenvalue weighted by atomic mass is 127. The van der Waals surface area contributed by atoms with Gasteiger partial charge in [0.15, 0.2) is 17.5 Å². The molecule has 7 nitrogen and oxygen atoms in total. The van der Waals surface area contributed by atoms with Gasteiger partial charge in [-0.15, -0.1) is 24.0 Å². The van der Waals surface area contributed by atoms with Crippen LogP contribution in [-0.4, -0.2) is 81.0 Å². The topological polar surface area (TPSA) is 69.6 Å². The molecule has 1 aromatic carbocycles. The third kappa shape index (κ3) is 7.95. The highest BCUT2D eigenvalue weighted by Gasteiger charge is 2.26. The molecule has 184 valence electrons. The van der Waals surface area contributed by atoms with Crippen molar-refractivity contribution in [3.63, 3.8) is 0 Å². The normalized spacial score (nSPS) is 15.3. The number of hydrogen-bond donors (Lipinski definition) is 2. The Morgan fingerprint density at radius 3 is 2.25 bits per heavy atom. The van der Waals surface area contributed by atoms with E-state index in [-0.39, 0.29) is 36.0 Å². The van der Waals surface area contributed by atoms with E-state index >= 15 is 0 Å². The minimum atomic E-state index is 0. The van der Waals surface area contributed by atoms with Gasteiger partial charge in [-0.05, 0) is 49.3 Å². The Morgan fingerprint density at radius 2 is 1.72 bits per heavy atom. The lowest BCUT2D eigenvalue weighted by Gasteiger charge is -2.37. The Balaban J connectivity index is 0.00000512. The van der Waals surface area contributed by atoms with Crippen LogP contribution in [0.1, 0.15) is 45.6 Å². The van der Waals surface area contributed by atoms with Gasteiger partial charge in [0.25, 0.3) is 0 Å². The van der Waals surface area contributed by atoms with Crippen LogP contribution in [0.4, 0.5) is 0 Å². The molecule has 32 heavy (non-hydrogen) atoms. The number of nitrogens with one attached hydrogen (secondary N) is 1. The molecule has 0 radical (unpaired) electrons. The average Bonchev–Trinajstić information content (AvgIpc) is 2.81. The Hall–Kier alpha value is -1.26. The van der Waals surface area contributed by atoms with Crippen molar-refractivity contribution in [2.45, 2.75) is 46.6 Å². The number of aliphatic imine (C=N–C) groups is 1. The second kappa shape index (κ2) is 14.8. The van der Waals surface area contributed by atoms with Crippen LogP contribution < -0.4 is 14.8 Å². The Kier molecular flexibility index (Phi) is 13.3. The minimum Gasteiger partial charge on any atom is -0.493 e. The van der Waals surface area contributed by atoms with Crippen LogP contribution in [0.2, 0.25) is 0 Å². The first-order valence-electron chi connectivity index (χ1n) is 11.6. The molecular weight excluding hydrogens is 519 g/mol. The molecule has 1 heterocycles. The van der Waals surface area contributed by atoms with Gasteiger partial charge in [0.2, 0.25) is 0 Å². The number of aliphatic hydroxyl groups excluding tert-OH is 1. The van der Waals surface area contributed by atoms with Crippen molar-refractivity contribution in [3.05, 3.63) is 23.8 Å². The summed E-state index contributed by atoms with van der Waals surface area (Å²) < 4.78 is 10.8. The summed E-state index contributed by atoms with van der Waals surface area (Å²) in [4.78, 5) is 9.82. The van der Waals surface area contributed by atoms with Gasteiger partial charge >= 0.3 is 0 Å². The van der Waals surface area contributed by atoms with E-state index in [0.29, 0.717) is 0 Å². The number of hydrogen-bond acceptors (Lipinski definition) is 5. The maximum Gasteiger partial charge on any atom is 0.194 e. The summed E-state index contributed by atoms with van der Waals surface area (Å²) in [7, 11) is 3.34. The largest absolute Gasteiger partial charge is 0.493 e. The summed E-state index contributed by atoms with van der Waals surface area (Å²) >= 11 is 0. The highest BCUT2D eigenvalue weighted by molar-refractivity contribution is 14.0.